The van der Waals surface area contributed by atoms with Crippen molar-refractivity contribution in [1.29, 1.82) is 0 Å². The van der Waals surface area contributed by atoms with Crippen molar-refractivity contribution < 1.29 is 27.9 Å². The Bertz CT molecular complexity index is 1410. The zero-order chi connectivity index (χ0) is 33.5. The molecule has 1 aliphatic carbocycles. The Morgan fingerprint density at radius 3 is 2.69 bits per heavy atom. The molecule has 2 aromatic rings. The molecule has 0 aromatic carbocycles. The highest BCUT2D eigenvalue weighted by Gasteiger charge is 2.38. The molecule has 48 heavy (non-hydrogen) atoms. The maximum absolute atomic E-state index is 14.1. The monoisotopic (exact) mass is 670 g/mol. The number of nitrogens with one attached hydrogen (secondary N) is 2. The highest BCUT2D eigenvalue weighted by Crippen LogP contribution is 2.36. The van der Waals surface area contributed by atoms with E-state index in [-0.39, 0.29) is 66.9 Å². The minimum atomic E-state index is -2.59. The van der Waals surface area contributed by atoms with Gasteiger partial charge in [0.05, 0.1) is 18.8 Å². The van der Waals surface area contributed by atoms with E-state index in [0.29, 0.717) is 64.0 Å². The molecule has 262 valence electrons. The van der Waals surface area contributed by atoms with Crippen LogP contribution in [0.3, 0.4) is 0 Å². The topological polar surface area (TPSA) is 135 Å². The minimum Gasteiger partial charge on any atom is -0.477 e. The average molecular weight is 671 g/mol. The lowest BCUT2D eigenvalue weighted by Gasteiger charge is -2.40. The van der Waals surface area contributed by atoms with Crippen molar-refractivity contribution in [3.05, 3.63) is 35.8 Å². The van der Waals surface area contributed by atoms with Crippen LogP contribution in [0.2, 0.25) is 0 Å². The molecule has 6 rings (SSSR count). The first-order chi connectivity index (χ1) is 23.2. The Labute approximate surface area is 280 Å². The van der Waals surface area contributed by atoms with Crippen molar-refractivity contribution in [2.75, 3.05) is 45.9 Å². The van der Waals surface area contributed by atoms with Crippen LogP contribution in [0.5, 0.6) is 5.88 Å². The van der Waals surface area contributed by atoms with Gasteiger partial charge in [0, 0.05) is 64.3 Å². The fraction of sp³-hybridized carbons (Fsp3) is 0.706. The van der Waals surface area contributed by atoms with Gasteiger partial charge in [-0.3, -0.25) is 19.1 Å². The number of nitrogens with zero attached hydrogens (tertiary/aromatic N) is 6. The van der Waals surface area contributed by atoms with Crippen molar-refractivity contribution in [2.24, 2.45) is 17.8 Å². The van der Waals surface area contributed by atoms with Crippen molar-refractivity contribution in [2.45, 2.75) is 89.1 Å². The summed E-state index contributed by atoms with van der Waals surface area (Å²) in [6, 6.07) is 2.41. The fourth-order valence-corrected chi connectivity index (χ4v) is 7.57. The standard InChI is InChI=1S/C34H48F2N8O4/c35-34(36)10-6-24(7-11-34)21-38-30(45)19-25-8-15-43-22-26(25)9-18-48-32-28(5-4-12-37-32)31(46)39-29(33(43)47)20-27-23-44(41-40-27)17-16-42-13-2-1-3-14-42/h4-5,12,23-26,29H,1-3,6-11,13-22H2,(H,38,45)(H,39,46)/t25-,26-,29+/m0/s1. The Morgan fingerprint density at radius 2 is 1.88 bits per heavy atom. The number of aromatic nitrogens is 4. The number of carbonyl (C=O) groups is 3. The molecule has 3 atom stereocenters. The van der Waals surface area contributed by atoms with Gasteiger partial charge >= 0.3 is 0 Å². The van der Waals surface area contributed by atoms with Gasteiger partial charge in [0.2, 0.25) is 23.6 Å². The number of amides is 3. The van der Waals surface area contributed by atoms with E-state index >= 15 is 0 Å². The van der Waals surface area contributed by atoms with E-state index in [1.807, 2.05) is 6.20 Å². The van der Waals surface area contributed by atoms with E-state index in [9.17, 15) is 23.2 Å². The molecule has 2 bridgehead atoms. The number of ether oxygens (including phenoxy) is 1. The van der Waals surface area contributed by atoms with E-state index in [0.717, 1.165) is 19.6 Å². The summed E-state index contributed by atoms with van der Waals surface area (Å²) in [5.74, 6) is -3.05. The highest BCUT2D eigenvalue weighted by molar-refractivity contribution is 5.99. The number of fused-ring (bicyclic) bond motifs is 3. The number of hydrogen-bond donors (Lipinski definition) is 2. The van der Waals surface area contributed by atoms with E-state index in [2.05, 4.69) is 30.8 Å². The van der Waals surface area contributed by atoms with Crippen LogP contribution in [0, 0.1) is 17.8 Å². The third-order valence-electron chi connectivity index (χ3n) is 10.5. The van der Waals surface area contributed by atoms with Gasteiger partial charge in [-0.25, -0.2) is 13.8 Å². The van der Waals surface area contributed by atoms with Crippen LogP contribution in [0.15, 0.2) is 24.5 Å². The normalized spacial score (nSPS) is 25.6. The second kappa shape index (κ2) is 15.7. The van der Waals surface area contributed by atoms with Crippen LogP contribution in [-0.2, 0) is 22.6 Å². The van der Waals surface area contributed by atoms with Gasteiger partial charge in [0.1, 0.15) is 11.6 Å². The molecule has 3 aliphatic heterocycles. The number of halogens is 2. The molecule has 5 heterocycles. The molecule has 0 unspecified atom stereocenters. The van der Waals surface area contributed by atoms with Gasteiger partial charge in [-0.05, 0) is 81.5 Å². The molecular formula is C34H48F2N8O4. The second-order valence-electron chi connectivity index (χ2n) is 14.0. The summed E-state index contributed by atoms with van der Waals surface area (Å²) >= 11 is 0. The largest absolute Gasteiger partial charge is 0.477 e. The van der Waals surface area contributed by atoms with Gasteiger partial charge in [0.15, 0.2) is 0 Å². The lowest BCUT2D eigenvalue weighted by atomic mass is 9.80. The van der Waals surface area contributed by atoms with Crippen LogP contribution >= 0.6 is 0 Å². The number of piperidine rings is 2. The van der Waals surface area contributed by atoms with Gasteiger partial charge in [0.25, 0.3) is 5.91 Å². The van der Waals surface area contributed by atoms with E-state index in [4.69, 9.17) is 4.74 Å². The first-order valence-electron chi connectivity index (χ1n) is 17.7. The fourth-order valence-electron chi connectivity index (χ4n) is 7.57. The summed E-state index contributed by atoms with van der Waals surface area (Å²) in [6.45, 7) is 5.36. The van der Waals surface area contributed by atoms with Crippen LogP contribution in [-0.4, -0.2) is 105 Å². The van der Waals surface area contributed by atoms with Crippen LogP contribution < -0.4 is 15.4 Å². The molecule has 3 fully saturated rings. The predicted octanol–water partition coefficient (Wildman–Crippen LogP) is 3.08. The maximum Gasteiger partial charge on any atom is 0.257 e. The van der Waals surface area contributed by atoms with E-state index in [1.165, 1.54) is 19.3 Å². The predicted molar refractivity (Wildman–Crippen MR) is 172 cm³/mol. The lowest BCUT2D eigenvalue weighted by Crippen LogP contribution is -2.54. The Kier molecular flexibility index (Phi) is 11.2. The zero-order valence-electron chi connectivity index (χ0n) is 27.6. The smallest absolute Gasteiger partial charge is 0.257 e. The van der Waals surface area contributed by atoms with Gasteiger partial charge in [-0.2, -0.15) is 0 Å². The van der Waals surface area contributed by atoms with Gasteiger partial charge < -0.3 is 25.2 Å². The van der Waals surface area contributed by atoms with Crippen molar-refractivity contribution in [3.8, 4) is 5.88 Å². The third-order valence-corrected chi connectivity index (χ3v) is 10.5. The summed E-state index contributed by atoms with van der Waals surface area (Å²) in [7, 11) is 0. The number of likely N-dealkylation sites (tertiary alicyclic amines) is 1. The second-order valence-corrected chi connectivity index (χ2v) is 14.0. The molecule has 2 N–H and O–H groups in total. The number of rotatable bonds is 9. The SMILES string of the molecule is O=C(C[C@@H]1CCN2C[C@@H]1CCOc1ncccc1C(=O)N[C@H](Cc1cn(CCN3CCCCC3)nn1)C2=O)NCC1CCC(F)(F)CC1. The molecule has 12 nitrogen and oxygen atoms in total. The number of hydrogen-bond acceptors (Lipinski definition) is 8. The molecule has 2 aromatic heterocycles. The molecular weight excluding hydrogens is 622 g/mol. The lowest BCUT2D eigenvalue weighted by molar-refractivity contribution is -0.136. The summed E-state index contributed by atoms with van der Waals surface area (Å²) in [4.78, 5) is 49.1. The molecule has 0 spiro atoms. The van der Waals surface area contributed by atoms with E-state index < -0.39 is 17.9 Å². The first-order valence-corrected chi connectivity index (χ1v) is 17.7. The number of carbonyl (C=O) groups excluding carboxylic acids is 3. The molecule has 3 amide bonds. The average Bonchev–Trinajstić information content (AvgIpc) is 3.54. The number of pyridine rings is 1. The molecule has 4 aliphatic rings. The highest BCUT2D eigenvalue weighted by atomic mass is 19.3. The zero-order valence-corrected chi connectivity index (χ0v) is 27.6. The minimum absolute atomic E-state index is 0.0135. The Balaban J connectivity index is 1.12. The van der Waals surface area contributed by atoms with Crippen molar-refractivity contribution in [3.63, 3.8) is 0 Å². The first kappa shape index (κ1) is 34.2. The maximum atomic E-state index is 14.1. The van der Waals surface area contributed by atoms with Gasteiger partial charge in [-0.15, -0.1) is 5.10 Å². The van der Waals surface area contributed by atoms with Crippen molar-refractivity contribution >= 4 is 17.7 Å². The third kappa shape index (κ3) is 9.06. The molecule has 14 heteroatoms. The summed E-state index contributed by atoms with van der Waals surface area (Å²) in [5.41, 5.74) is 0.865. The summed E-state index contributed by atoms with van der Waals surface area (Å²) < 4.78 is 34.9. The molecule has 0 radical (unpaired) electrons. The van der Waals surface area contributed by atoms with Gasteiger partial charge in [-0.1, -0.05) is 11.6 Å². The number of alkyl halides is 2. The summed E-state index contributed by atoms with van der Waals surface area (Å²) in [6.07, 6.45) is 9.38. The molecule has 1 saturated carbocycles. The van der Waals surface area contributed by atoms with Crippen molar-refractivity contribution in [1.82, 2.24) is 40.4 Å². The Hall–Kier alpha value is -3.68. The quantitative estimate of drug-likeness (QED) is 0.416. The Morgan fingerprint density at radius 1 is 1.06 bits per heavy atom. The molecule has 2 saturated heterocycles. The summed E-state index contributed by atoms with van der Waals surface area (Å²) in [5, 5.41) is 14.6. The van der Waals surface area contributed by atoms with Crippen LogP contribution in [0.4, 0.5) is 8.78 Å². The van der Waals surface area contributed by atoms with Crippen LogP contribution in [0.25, 0.3) is 0 Å². The van der Waals surface area contributed by atoms with E-state index in [1.54, 1.807) is 27.9 Å². The van der Waals surface area contributed by atoms with Crippen LogP contribution in [0.1, 0.15) is 80.3 Å².